The number of aliphatic hydroxyl groups is 1. The van der Waals surface area contributed by atoms with Crippen LogP contribution in [-0.4, -0.2) is 19.7 Å². The molecular formula is C13H10FN3O. The van der Waals surface area contributed by atoms with E-state index in [0.717, 1.165) is 11.1 Å². The molecule has 0 radical (unpaired) electrons. The minimum atomic E-state index is -0.285. The Bertz CT molecular complexity index is 708. The minimum Gasteiger partial charge on any atom is -0.390 e. The molecule has 2 heterocycles. The number of benzene rings is 1. The van der Waals surface area contributed by atoms with Crippen LogP contribution < -0.4 is 0 Å². The fraction of sp³-hybridized carbons (Fsp3) is 0.0769. The lowest BCUT2D eigenvalue weighted by molar-refractivity contribution is 0.277. The summed E-state index contributed by atoms with van der Waals surface area (Å²) in [6, 6.07) is 8.12. The average molecular weight is 243 g/mol. The van der Waals surface area contributed by atoms with Crippen LogP contribution in [0.4, 0.5) is 4.39 Å². The van der Waals surface area contributed by atoms with Crippen molar-refractivity contribution in [3.05, 3.63) is 54.2 Å². The van der Waals surface area contributed by atoms with Crippen molar-refractivity contribution in [1.29, 1.82) is 0 Å². The summed E-state index contributed by atoms with van der Waals surface area (Å²) in [6.45, 7) is -0.126. The summed E-state index contributed by atoms with van der Waals surface area (Å²) in [5, 5.41) is 13.2. The van der Waals surface area contributed by atoms with Crippen LogP contribution >= 0.6 is 0 Å². The van der Waals surface area contributed by atoms with Crippen molar-refractivity contribution in [2.24, 2.45) is 0 Å². The fourth-order valence-electron chi connectivity index (χ4n) is 1.83. The van der Waals surface area contributed by atoms with Crippen LogP contribution in [0.3, 0.4) is 0 Å². The normalized spacial score (nSPS) is 11.0. The molecule has 1 aromatic carbocycles. The molecular weight excluding hydrogens is 233 g/mol. The third-order valence-electron chi connectivity index (χ3n) is 2.69. The fourth-order valence-corrected chi connectivity index (χ4v) is 1.83. The largest absolute Gasteiger partial charge is 0.390 e. The monoisotopic (exact) mass is 243 g/mol. The Labute approximate surface area is 102 Å². The second-order valence-corrected chi connectivity index (χ2v) is 3.95. The molecule has 5 heteroatoms. The maximum absolute atomic E-state index is 13.2. The van der Waals surface area contributed by atoms with Gasteiger partial charge in [0.25, 0.3) is 0 Å². The quantitative estimate of drug-likeness (QED) is 0.749. The summed E-state index contributed by atoms with van der Waals surface area (Å²) in [5.41, 5.74) is 2.72. The van der Waals surface area contributed by atoms with E-state index in [1.807, 2.05) is 6.07 Å². The first-order valence-electron chi connectivity index (χ1n) is 5.47. The molecule has 4 nitrogen and oxygen atoms in total. The van der Waals surface area contributed by atoms with Crippen molar-refractivity contribution in [3.63, 3.8) is 0 Å². The SMILES string of the molecule is OCc1cn2ncc(-c3cccc(F)c3)cc2n1. The van der Waals surface area contributed by atoms with E-state index in [1.54, 1.807) is 29.0 Å². The number of hydrogen-bond donors (Lipinski definition) is 1. The third kappa shape index (κ3) is 1.84. The van der Waals surface area contributed by atoms with E-state index in [-0.39, 0.29) is 12.4 Å². The number of halogens is 1. The molecule has 3 aromatic rings. The van der Waals surface area contributed by atoms with Gasteiger partial charge in [0.1, 0.15) is 5.82 Å². The van der Waals surface area contributed by atoms with Gasteiger partial charge in [0.2, 0.25) is 0 Å². The van der Waals surface area contributed by atoms with Gasteiger partial charge in [0.05, 0.1) is 24.7 Å². The van der Waals surface area contributed by atoms with Gasteiger partial charge in [-0.3, -0.25) is 0 Å². The van der Waals surface area contributed by atoms with Gasteiger partial charge in [0.15, 0.2) is 5.65 Å². The highest BCUT2D eigenvalue weighted by Crippen LogP contribution is 2.20. The summed E-state index contributed by atoms with van der Waals surface area (Å²) in [6.07, 6.45) is 3.30. The summed E-state index contributed by atoms with van der Waals surface area (Å²) in [4.78, 5) is 4.20. The predicted octanol–water partition coefficient (Wildman–Crippen LogP) is 2.03. The zero-order chi connectivity index (χ0) is 12.5. The third-order valence-corrected chi connectivity index (χ3v) is 2.69. The molecule has 0 saturated carbocycles. The molecule has 2 aromatic heterocycles. The molecule has 0 fully saturated rings. The van der Waals surface area contributed by atoms with Gasteiger partial charge in [0, 0.05) is 5.56 Å². The van der Waals surface area contributed by atoms with E-state index in [0.29, 0.717) is 11.3 Å². The number of hydrogen-bond acceptors (Lipinski definition) is 3. The topological polar surface area (TPSA) is 50.4 Å². The Morgan fingerprint density at radius 1 is 1.22 bits per heavy atom. The second kappa shape index (κ2) is 4.19. The first kappa shape index (κ1) is 10.9. The molecule has 18 heavy (non-hydrogen) atoms. The molecule has 0 saturated heterocycles. The summed E-state index contributed by atoms with van der Waals surface area (Å²) >= 11 is 0. The standard InChI is InChI=1S/C13H10FN3O/c14-11-3-1-2-9(4-11)10-5-13-16-12(8-18)7-17(13)15-6-10/h1-7,18H,8H2. The van der Waals surface area contributed by atoms with Crippen LogP contribution in [0.15, 0.2) is 42.7 Å². The lowest BCUT2D eigenvalue weighted by Gasteiger charge is -2.01. The van der Waals surface area contributed by atoms with Crippen LogP contribution in [0.25, 0.3) is 16.8 Å². The first-order chi connectivity index (χ1) is 8.76. The van der Waals surface area contributed by atoms with Crippen LogP contribution in [0, 0.1) is 5.82 Å². The molecule has 0 spiro atoms. The van der Waals surface area contributed by atoms with E-state index in [1.165, 1.54) is 12.1 Å². The molecule has 0 aliphatic carbocycles. The maximum atomic E-state index is 13.2. The van der Waals surface area contributed by atoms with Crippen LogP contribution in [0.5, 0.6) is 0 Å². The van der Waals surface area contributed by atoms with E-state index >= 15 is 0 Å². The van der Waals surface area contributed by atoms with Gasteiger partial charge in [-0.1, -0.05) is 12.1 Å². The summed E-state index contributed by atoms with van der Waals surface area (Å²) in [7, 11) is 0. The lowest BCUT2D eigenvalue weighted by atomic mass is 10.1. The van der Waals surface area contributed by atoms with E-state index < -0.39 is 0 Å². The highest BCUT2D eigenvalue weighted by molar-refractivity contribution is 5.66. The Kier molecular flexibility index (Phi) is 2.53. The average Bonchev–Trinajstić information content (AvgIpc) is 2.80. The first-order valence-corrected chi connectivity index (χ1v) is 5.47. The van der Waals surface area contributed by atoms with Crippen molar-refractivity contribution in [3.8, 4) is 11.1 Å². The van der Waals surface area contributed by atoms with Crippen molar-refractivity contribution in [1.82, 2.24) is 14.6 Å². The molecule has 0 atom stereocenters. The summed E-state index contributed by atoms with van der Waals surface area (Å²) in [5.74, 6) is -0.285. The number of aliphatic hydroxyl groups excluding tert-OH is 1. The molecule has 1 N–H and O–H groups in total. The highest BCUT2D eigenvalue weighted by atomic mass is 19.1. The number of aromatic nitrogens is 3. The smallest absolute Gasteiger partial charge is 0.154 e. The molecule has 0 aliphatic rings. The van der Waals surface area contributed by atoms with E-state index in [4.69, 9.17) is 5.11 Å². The molecule has 0 amide bonds. The number of fused-ring (bicyclic) bond motifs is 1. The molecule has 3 rings (SSSR count). The lowest BCUT2D eigenvalue weighted by Crippen LogP contribution is -1.90. The Balaban J connectivity index is 2.12. The maximum Gasteiger partial charge on any atom is 0.154 e. The van der Waals surface area contributed by atoms with Gasteiger partial charge < -0.3 is 5.11 Å². The molecule has 0 aliphatic heterocycles. The Morgan fingerprint density at radius 3 is 2.89 bits per heavy atom. The van der Waals surface area contributed by atoms with Crippen LogP contribution in [-0.2, 0) is 6.61 Å². The zero-order valence-corrected chi connectivity index (χ0v) is 9.42. The Morgan fingerprint density at radius 2 is 2.11 bits per heavy atom. The van der Waals surface area contributed by atoms with Gasteiger partial charge in [-0.05, 0) is 23.8 Å². The van der Waals surface area contributed by atoms with Gasteiger partial charge in [-0.25, -0.2) is 13.9 Å². The van der Waals surface area contributed by atoms with E-state index in [9.17, 15) is 4.39 Å². The van der Waals surface area contributed by atoms with Gasteiger partial charge in [-0.2, -0.15) is 5.10 Å². The number of rotatable bonds is 2. The van der Waals surface area contributed by atoms with Crippen molar-refractivity contribution in [2.75, 3.05) is 0 Å². The van der Waals surface area contributed by atoms with Crippen LogP contribution in [0.1, 0.15) is 5.69 Å². The molecule has 0 bridgehead atoms. The van der Waals surface area contributed by atoms with Gasteiger partial charge in [-0.15, -0.1) is 0 Å². The van der Waals surface area contributed by atoms with Gasteiger partial charge >= 0.3 is 0 Å². The van der Waals surface area contributed by atoms with Crippen molar-refractivity contribution >= 4 is 5.65 Å². The van der Waals surface area contributed by atoms with Crippen molar-refractivity contribution in [2.45, 2.75) is 6.61 Å². The van der Waals surface area contributed by atoms with Crippen molar-refractivity contribution < 1.29 is 9.50 Å². The predicted molar refractivity (Wildman–Crippen MR) is 64.3 cm³/mol. The van der Waals surface area contributed by atoms with E-state index in [2.05, 4.69) is 10.1 Å². The summed E-state index contributed by atoms with van der Waals surface area (Å²) < 4.78 is 14.7. The molecule has 90 valence electrons. The number of imidazole rings is 1. The Hall–Kier alpha value is -2.27. The second-order valence-electron chi connectivity index (χ2n) is 3.95. The molecule has 0 unspecified atom stereocenters. The zero-order valence-electron chi connectivity index (χ0n) is 9.42. The highest BCUT2D eigenvalue weighted by Gasteiger charge is 2.05. The minimum absolute atomic E-state index is 0.126. The van der Waals surface area contributed by atoms with Crippen LogP contribution in [0.2, 0.25) is 0 Å². The number of nitrogens with zero attached hydrogens (tertiary/aromatic N) is 3.